The third-order valence-corrected chi connectivity index (χ3v) is 2.63. The van der Waals surface area contributed by atoms with Gasteiger partial charge in [0.05, 0.1) is 12.2 Å². The third-order valence-electron chi connectivity index (χ3n) is 2.63. The Morgan fingerprint density at radius 3 is 2.48 bits per heavy atom. The molecule has 2 aromatic rings. The average Bonchev–Trinajstić information content (AvgIpc) is 2.49. The summed E-state index contributed by atoms with van der Waals surface area (Å²) in [6.45, 7) is 1.88. The van der Waals surface area contributed by atoms with Crippen molar-refractivity contribution in [3.8, 4) is 0 Å². The maximum atomic E-state index is 12.6. The summed E-state index contributed by atoms with van der Waals surface area (Å²) in [6, 6.07) is 7.61. The van der Waals surface area contributed by atoms with Crippen LogP contribution in [0.15, 0.2) is 36.4 Å². The molecular weight excluding hydrogens is 313 g/mol. The van der Waals surface area contributed by atoms with Crippen LogP contribution in [0.25, 0.3) is 0 Å². The molecule has 23 heavy (non-hydrogen) atoms. The van der Waals surface area contributed by atoms with E-state index in [2.05, 4.69) is 25.6 Å². The number of carbonyl (C=O) groups is 1. The summed E-state index contributed by atoms with van der Waals surface area (Å²) in [4.78, 5) is 11.2. The van der Waals surface area contributed by atoms with Crippen LogP contribution in [0.5, 0.6) is 0 Å². The van der Waals surface area contributed by atoms with Gasteiger partial charge in [0.1, 0.15) is 0 Å². The van der Waals surface area contributed by atoms with Crippen LogP contribution in [0.4, 0.5) is 35.3 Å². The molecule has 0 aliphatic carbocycles. The van der Waals surface area contributed by atoms with Crippen LogP contribution in [0.3, 0.4) is 0 Å². The summed E-state index contributed by atoms with van der Waals surface area (Å²) >= 11 is 0. The molecule has 0 radical (unpaired) electrons. The van der Waals surface area contributed by atoms with E-state index in [9.17, 15) is 18.0 Å². The lowest BCUT2D eigenvalue weighted by molar-refractivity contribution is -0.137. The molecule has 9 heteroatoms. The number of anilines is 3. The number of hydrogen-bond acceptors (Lipinski definition) is 5. The lowest BCUT2D eigenvalue weighted by Crippen LogP contribution is -2.14. The Morgan fingerprint density at radius 2 is 1.87 bits per heavy atom. The fourth-order valence-electron chi connectivity index (χ4n) is 1.66. The van der Waals surface area contributed by atoms with E-state index in [4.69, 9.17) is 0 Å². The molecule has 6 nitrogen and oxygen atoms in total. The summed E-state index contributed by atoms with van der Waals surface area (Å²) < 4.78 is 42.6. The van der Waals surface area contributed by atoms with Crippen LogP contribution in [0.1, 0.15) is 12.5 Å². The second-order valence-corrected chi connectivity index (χ2v) is 4.35. The van der Waals surface area contributed by atoms with Gasteiger partial charge < -0.3 is 10.1 Å². The molecule has 0 atom stereocenters. The lowest BCUT2D eigenvalue weighted by atomic mass is 10.2. The Balaban J connectivity index is 2.05. The Morgan fingerprint density at radius 1 is 1.17 bits per heavy atom. The van der Waals surface area contributed by atoms with E-state index in [0.29, 0.717) is 0 Å². The Hall–Kier alpha value is -2.84. The van der Waals surface area contributed by atoms with Crippen molar-refractivity contribution in [2.45, 2.75) is 13.1 Å². The predicted octanol–water partition coefficient (Wildman–Crippen LogP) is 3.81. The Labute approximate surface area is 129 Å². The third kappa shape index (κ3) is 4.83. The molecule has 0 spiro atoms. The minimum absolute atomic E-state index is 0.165. The zero-order chi connectivity index (χ0) is 16.9. The zero-order valence-corrected chi connectivity index (χ0v) is 12.0. The van der Waals surface area contributed by atoms with Gasteiger partial charge in [0.25, 0.3) is 0 Å². The van der Waals surface area contributed by atoms with E-state index in [1.54, 1.807) is 6.92 Å². The van der Waals surface area contributed by atoms with Crippen LogP contribution in [0, 0.1) is 0 Å². The fourth-order valence-corrected chi connectivity index (χ4v) is 1.66. The van der Waals surface area contributed by atoms with Crippen molar-refractivity contribution in [3.63, 3.8) is 0 Å². The van der Waals surface area contributed by atoms with Gasteiger partial charge in [-0.1, -0.05) is 6.07 Å². The number of nitrogens with one attached hydrogen (secondary N) is 2. The van der Waals surface area contributed by atoms with Gasteiger partial charge in [0.2, 0.25) is 0 Å². The van der Waals surface area contributed by atoms with Gasteiger partial charge in [-0.2, -0.15) is 13.2 Å². The molecule has 2 rings (SSSR count). The first kappa shape index (κ1) is 16.5. The molecule has 1 amide bonds. The number of rotatable bonds is 4. The summed E-state index contributed by atoms with van der Waals surface area (Å²) in [7, 11) is 0. The van der Waals surface area contributed by atoms with Crippen LogP contribution in [-0.2, 0) is 10.9 Å². The van der Waals surface area contributed by atoms with Crippen molar-refractivity contribution in [2.75, 3.05) is 17.2 Å². The number of alkyl halides is 3. The van der Waals surface area contributed by atoms with Crippen LogP contribution in [0.2, 0.25) is 0 Å². The summed E-state index contributed by atoms with van der Waals surface area (Å²) in [5.41, 5.74) is -0.545. The number of benzene rings is 1. The van der Waals surface area contributed by atoms with Crippen LogP contribution in [-0.4, -0.2) is 22.9 Å². The van der Waals surface area contributed by atoms with Gasteiger partial charge in [-0.3, -0.25) is 5.32 Å². The summed E-state index contributed by atoms with van der Waals surface area (Å²) in [6.07, 6.45) is -5.09. The summed E-state index contributed by atoms with van der Waals surface area (Å²) in [5, 5.41) is 12.5. The smallest absolute Gasteiger partial charge is 0.416 e. The maximum absolute atomic E-state index is 12.6. The SMILES string of the molecule is CCOC(=O)Nc1ccc(Nc2cccc(C(F)(F)F)c2)nn1. The molecule has 1 heterocycles. The average molecular weight is 326 g/mol. The molecule has 0 unspecified atom stereocenters. The number of nitrogens with zero attached hydrogens (tertiary/aromatic N) is 2. The Kier molecular flexibility index (Phi) is 4.99. The first-order chi connectivity index (χ1) is 10.9. The highest BCUT2D eigenvalue weighted by molar-refractivity contribution is 5.83. The van der Waals surface area contributed by atoms with E-state index in [1.807, 2.05) is 0 Å². The molecule has 122 valence electrons. The zero-order valence-electron chi connectivity index (χ0n) is 12.0. The van der Waals surface area contributed by atoms with Crippen molar-refractivity contribution in [3.05, 3.63) is 42.0 Å². The first-order valence-corrected chi connectivity index (χ1v) is 6.60. The highest BCUT2D eigenvalue weighted by Crippen LogP contribution is 2.31. The van der Waals surface area contributed by atoms with E-state index in [-0.39, 0.29) is 23.9 Å². The van der Waals surface area contributed by atoms with Crippen molar-refractivity contribution in [2.24, 2.45) is 0 Å². The van der Waals surface area contributed by atoms with Gasteiger partial charge in [-0.15, -0.1) is 10.2 Å². The molecule has 0 bridgehead atoms. The number of hydrogen-bond donors (Lipinski definition) is 2. The van der Waals surface area contributed by atoms with E-state index < -0.39 is 17.8 Å². The topological polar surface area (TPSA) is 76.1 Å². The van der Waals surface area contributed by atoms with Crippen molar-refractivity contribution < 1.29 is 22.7 Å². The molecule has 0 saturated heterocycles. The van der Waals surface area contributed by atoms with Crippen molar-refractivity contribution in [1.82, 2.24) is 10.2 Å². The summed E-state index contributed by atoms with van der Waals surface area (Å²) in [5.74, 6) is 0.400. The van der Waals surface area contributed by atoms with Crippen molar-refractivity contribution >= 4 is 23.4 Å². The van der Waals surface area contributed by atoms with Gasteiger partial charge in [0.15, 0.2) is 11.6 Å². The standard InChI is InChI=1S/C14H13F3N4O2/c1-2-23-13(22)19-12-7-6-11(20-21-12)18-10-5-3-4-9(8-10)14(15,16)17/h3-8H,2H2,1H3,(H,18,20)(H,19,21,22). The van der Waals surface area contributed by atoms with Gasteiger partial charge in [0, 0.05) is 5.69 Å². The largest absolute Gasteiger partial charge is 0.450 e. The quantitative estimate of drug-likeness (QED) is 0.893. The van der Waals surface area contributed by atoms with Gasteiger partial charge in [-0.05, 0) is 37.3 Å². The molecule has 1 aromatic carbocycles. The Bertz CT molecular complexity index is 674. The van der Waals surface area contributed by atoms with Crippen LogP contribution < -0.4 is 10.6 Å². The van der Waals surface area contributed by atoms with Gasteiger partial charge in [-0.25, -0.2) is 4.79 Å². The minimum Gasteiger partial charge on any atom is -0.450 e. The molecule has 1 aromatic heterocycles. The fraction of sp³-hybridized carbons (Fsp3) is 0.214. The first-order valence-electron chi connectivity index (χ1n) is 6.60. The molecule has 0 aliphatic heterocycles. The van der Waals surface area contributed by atoms with E-state index in [0.717, 1.165) is 12.1 Å². The predicted molar refractivity (Wildman–Crippen MR) is 77.4 cm³/mol. The second-order valence-electron chi connectivity index (χ2n) is 4.35. The minimum atomic E-state index is -4.42. The van der Waals surface area contributed by atoms with Crippen molar-refractivity contribution in [1.29, 1.82) is 0 Å². The lowest BCUT2D eigenvalue weighted by Gasteiger charge is -2.10. The second kappa shape index (κ2) is 6.95. The van der Waals surface area contributed by atoms with Gasteiger partial charge >= 0.3 is 12.3 Å². The maximum Gasteiger partial charge on any atom is 0.416 e. The molecule has 0 saturated carbocycles. The molecular formula is C14H13F3N4O2. The molecule has 0 aliphatic rings. The van der Waals surface area contributed by atoms with E-state index >= 15 is 0 Å². The number of amides is 1. The molecule has 2 N–H and O–H groups in total. The highest BCUT2D eigenvalue weighted by atomic mass is 19.4. The number of aromatic nitrogens is 2. The number of halogens is 3. The number of carbonyl (C=O) groups excluding carboxylic acids is 1. The normalized spacial score (nSPS) is 11.0. The molecule has 0 fully saturated rings. The number of ether oxygens (including phenoxy) is 1. The van der Waals surface area contributed by atoms with Crippen LogP contribution >= 0.6 is 0 Å². The monoisotopic (exact) mass is 326 g/mol. The highest BCUT2D eigenvalue weighted by Gasteiger charge is 2.30. The van der Waals surface area contributed by atoms with E-state index in [1.165, 1.54) is 24.3 Å².